The fourth-order valence-corrected chi connectivity index (χ4v) is 2.25. The summed E-state index contributed by atoms with van der Waals surface area (Å²) in [6.07, 6.45) is 5.11. The van der Waals surface area contributed by atoms with Crippen LogP contribution in [0.5, 0.6) is 0 Å². The minimum Gasteiger partial charge on any atom is -0.394 e. The quantitative estimate of drug-likeness (QED) is 0.596. The van der Waals surface area contributed by atoms with E-state index in [1.54, 1.807) is 0 Å². The molecule has 0 radical (unpaired) electrons. The molecule has 2 unspecified atom stereocenters. The maximum absolute atomic E-state index is 10.00. The third-order valence-electron chi connectivity index (χ3n) is 3.56. The number of nitrogens with one attached hydrogen (secondary N) is 1. The molecule has 13 heavy (non-hydrogen) atoms. The molecule has 0 aromatic heterocycles. The van der Waals surface area contributed by atoms with Crippen LogP contribution in [-0.2, 0) is 0 Å². The van der Waals surface area contributed by atoms with Gasteiger partial charge in [-0.2, -0.15) is 0 Å². The summed E-state index contributed by atoms with van der Waals surface area (Å²) < 4.78 is 0. The van der Waals surface area contributed by atoms with Gasteiger partial charge in [0.1, 0.15) is 0 Å². The molecule has 3 N–H and O–H groups in total. The third-order valence-corrected chi connectivity index (χ3v) is 3.56. The van der Waals surface area contributed by atoms with Crippen molar-refractivity contribution in [3.63, 3.8) is 0 Å². The Labute approximate surface area is 79.2 Å². The van der Waals surface area contributed by atoms with Gasteiger partial charge in [-0.05, 0) is 39.0 Å². The van der Waals surface area contributed by atoms with E-state index in [1.807, 2.05) is 6.92 Å². The van der Waals surface area contributed by atoms with Crippen molar-refractivity contribution in [2.45, 2.75) is 56.2 Å². The zero-order valence-electron chi connectivity index (χ0n) is 8.21. The highest BCUT2D eigenvalue weighted by atomic mass is 16.3. The van der Waals surface area contributed by atoms with E-state index < -0.39 is 5.60 Å². The van der Waals surface area contributed by atoms with E-state index in [-0.39, 0.29) is 18.2 Å². The molecular weight excluding hydrogens is 166 g/mol. The van der Waals surface area contributed by atoms with Crippen LogP contribution < -0.4 is 5.32 Å². The first kappa shape index (κ1) is 9.44. The van der Waals surface area contributed by atoms with Crippen molar-refractivity contribution in [3.05, 3.63) is 0 Å². The van der Waals surface area contributed by atoms with Crippen molar-refractivity contribution in [2.24, 2.45) is 0 Å². The summed E-state index contributed by atoms with van der Waals surface area (Å²) >= 11 is 0. The largest absolute Gasteiger partial charge is 0.394 e. The number of aliphatic hydroxyl groups excluding tert-OH is 1. The molecule has 2 fully saturated rings. The summed E-state index contributed by atoms with van der Waals surface area (Å²) in [6, 6.07) is 0.183. The molecule has 2 saturated carbocycles. The minimum absolute atomic E-state index is 0.0427. The standard InChI is InChI=1S/C10H19NO2/c1-9(13)4-2-3-8(9)11-10(7-12)5-6-10/h8,11-13H,2-7H2,1H3. The van der Waals surface area contributed by atoms with Gasteiger partial charge in [0, 0.05) is 11.6 Å². The first-order valence-electron chi connectivity index (χ1n) is 5.19. The Bertz CT molecular complexity index is 199. The lowest BCUT2D eigenvalue weighted by molar-refractivity contribution is 0.0299. The highest BCUT2D eigenvalue weighted by Gasteiger charge is 2.47. The van der Waals surface area contributed by atoms with E-state index in [9.17, 15) is 5.11 Å². The van der Waals surface area contributed by atoms with Crippen LogP contribution in [0.4, 0.5) is 0 Å². The number of rotatable bonds is 3. The summed E-state index contributed by atoms with van der Waals surface area (Å²) in [4.78, 5) is 0. The fraction of sp³-hybridized carbons (Fsp3) is 1.00. The summed E-state index contributed by atoms with van der Waals surface area (Å²) in [7, 11) is 0. The zero-order chi connectivity index (χ0) is 9.53. The van der Waals surface area contributed by atoms with Crippen molar-refractivity contribution in [3.8, 4) is 0 Å². The number of aliphatic hydroxyl groups is 2. The van der Waals surface area contributed by atoms with Crippen LogP contribution in [0.15, 0.2) is 0 Å². The van der Waals surface area contributed by atoms with Gasteiger partial charge in [0.2, 0.25) is 0 Å². The average Bonchev–Trinajstić information content (AvgIpc) is 2.76. The van der Waals surface area contributed by atoms with E-state index in [1.165, 1.54) is 0 Å². The predicted molar refractivity (Wildman–Crippen MR) is 50.4 cm³/mol. The first-order chi connectivity index (χ1) is 6.08. The SMILES string of the molecule is CC1(O)CCCC1NC1(CO)CC1. The lowest BCUT2D eigenvalue weighted by atomic mass is 9.99. The molecule has 0 saturated heterocycles. The van der Waals surface area contributed by atoms with Crippen molar-refractivity contribution < 1.29 is 10.2 Å². The van der Waals surface area contributed by atoms with Crippen molar-refractivity contribution in [1.82, 2.24) is 5.32 Å². The molecule has 2 rings (SSSR count). The van der Waals surface area contributed by atoms with E-state index in [0.717, 1.165) is 32.1 Å². The molecular formula is C10H19NO2. The van der Waals surface area contributed by atoms with E-state index in [2.05, 4.69) is 5.32 Å². The second kappa shape index (κ2) is 2.94. The zero-order valence-corrected chi connectivity index (χ0v) is 8.21. The molecule has 0 aromatic rings. The number of hydrogen-bond donors (Lipinski definition) is 3. The molecule has 2 aliphatic carbocycles. The van der Waals surface area contributed by atoms with Crippen LogP contribution in [0, 0.1) is 0 Å². The Hall–Kier alpha value is -0.120. The van der Waals surface area contributed by atoms with Gasteiger partial charge in [-0.15, -0.1) is 0 Å². The molecule has 2 atom stereocenters. The number of hydrogen-bond acceptors (Lipinski definition) is 3. The van der Waals surface area contributed by atoms with Gasteiger partial charge in [0.15, 0.2) is 0 Å². The summed E-state index contributed by atoms with van der Waals surface area (Å²) in [5, 5.41) is 22.5. The summed E-state index contributed by atoms with van der Waals surface area (Å²) in [6.45, 7) is 2.10. The topological polar surface area (TPSA) is 52.5 Å². The van der Waals surface area contributed by atoms with Gasteiger partial charge in [0.05, 0.1) is 12.2 Å². The van der Waals surface area contributed by atoms with Gasteiger partial charge in [-0.25, -0.2) is 0 Å². The highest BCUT2D eigenvalue weighted by molar-refractivity contribution is 5.07. The first-order valence-corrected chi connectivity index (χ1v) is 5.19. The van der Waals surface area contributed by atoms with Crippen molar-refractivity contribution >= 4 is 0 Å². The summed E-state index contributed by atoms with van der Waals surface area (Å²) in [5.74, 6) is 0. The Morgan fingerprint density at radius 2 is 2.08 bits per heavy atom. The lowest BCUT2D eigenvalue weighted by Gasteiger charge is -2.30. The molecule has 0 bridgehead atoms. The van der Waals surface area contributed by atoms with E-state index in [0.29, 0.717) is 0 Å². The maximum Gasteiger partial charge on any atom is 0.0772 e. The van der Waals surface area contributed by atoms with Crippen LogP contribution in [0.2, 0.25) is 0 Å². The van der Waals surface area contributed by atoms with Crippen molar-refractivity contribution in [1.29, 1.82) is 0 Å². The van der Waals surface area contributed by atoms with Crippen molar-refractivity contribution in [2.75, 3.05) is 6.61 Å². The Morgan fingerprint density at radius 3 is 2.46 bits per heavy atom. The van der Waals surface area contributed by atoms with Gasteiger partial charge in [-0.1, -0.05) is 0 Å². The Kier molecular flexibility index (Phi) is 2.13. The van der Waals surface area contributed by atoms with E-state index in [4.69, 9.17) is 5.11 Å². The van der Waals surface area contributed by atoms with Gasteiger partial charge in [0.25, 0.3) is 0 Å². The highest BCUT2D eigenvalue weighted by Crippen LogP contribution is 2.39. The fourth-order valence-electron chi connectivity index (χ4n) is 2.25. The van der Waals surface area contributed by atoms with Gasteiger partial charge >= 0.3 is 0 Å². The maximum atomic E-state index is 10.00. The van der Waals surface area contributed by atoms with Crippen LogP contribution >= 0.6 is 0 Å². The van der Waals surface area contributed by atoms with Crippen LogP contribution in [-0.4, -0.2) is 34.0 Å². The van der Waals surface area contributed by atoms with Crippen LogP contribution in [0.1, 0.15) is 39.0 Å². The normalized spacial score (nSPS) is 42.2. The Morgan fingerprint density at radius 1 is 1.38 bits per heavy atom. The Balaban J connectivity index is 1.94. The smallest absolute Gasteiger partial charge is 0.0772 e. The van der Waals surface area contributed by atoms with Crippen LogP contribution in [0.25, 0.3) is 0 Å². The predicted octanol–water partition coefficient (Wildman–Crippen LogP) is 0.404. The van der Waals surface area contributed by atoms with Gasteiger partial charge < -0.3 is 15.5 Å². The monoisotopic (exact) mass is 185 g/mol. The molecule has 0 heterocycles. The summed E-state index contributed by atoms with van der Waals surface area (Å²) in [5.41, 5.74) is -0.607. The lowest BCUT2D eigenvalue weighted by Crippen LogP contribution is -2.51. The molecule has 76 valence electrons. The van der Waals surface area contributed by atoms with Crippen LogP contribution in [0.3, 0.4) is 0 Å². The molecule has 3 nitrogen and oxygen atoms in total. The third kappa shape index (κ3) is 1.73. The second-order valence-electron chi connectivity index (χ2n) is 4.88. The average molecular weight is 185 g/mol. The molecule has 3 heteroatoms. The second-order valence-corrected chi connectivity index (χ2v) is 4.88. The molecule has 0 aromatic carbocycles. The molecule has 0 amide bonds. The van der Waals surface area contributed by atoms with E-state index >= 15 is 0 Å². The molecule has 0 spiro atoms. The van der Waals surface area contributed by atoms with Gasteiger partial charge in [-0.3, -0.25) is 0 Å². The minimum atomic E-state index is -0.565. The molecule has 2 aliphatic rings. The molecule has 0 aliphatic heterocycles.